The van der Waals surface area contributed by atoms with Crippen molar-refractivity contribution in [3.8, 4) is 0 Å². The quantitative estimate of drug-likeness (QED) is 0.794. The van der Waals surface area contributed by atoms with Crippen LogP contribution >= 0.6 is 0 Å². The van der Waals surface area contributed by atoms with Crippen LogP contribution in [0.4, 0.5) is 0 Å². The first-order valence-electron chi connectivity index (χ1n) is 6.75. The van der Waals surface area contributed by atoms with Crippen LogP contribution in [0.2, 0.25) is 0 Å². The Morgan fingerprint density at radius 3 is 3.00 bits per heavy atom. The molecule has 1 aromatic heterocycles. The van der Waals surface area contributed by atoms with Gasteiger partial charge >= 0.3 is 0 Å². The molecule has 0 spiro atoms. The van der Waals surface area contributed by atoms with E-state index in [1.165, 1.54) is 24.4 Å². The molecular weight excluding hydrogens is 214 g/mol. The van der Waals surface area contributed by atoms with Crippen LogP contribution < -0.4 is 5.32 Å². The van der Waals surface area contributed by atoms with Crippen LogP contribution in [0.3, 0.4) is 0 Å². The molecule has 4 nitrogen and oxygen atoms in total. The van der Waals surface area contributed by atoms with Gasteiger partial charge in [-0.2, -0.15) is 0 Å². The molecule has 0 bridgehead atoms. The minimum absolute atomic E-state index is 0.177. The summed E-state index contributed by atoms with van der Waals surface area (Å²) >= 11 is 0. The van der Waals surface area contributed by atoms with Crippen LogP contribution in [0.1, 0.15) is 30.8 Å². The molecule has 94 valence electrons. The van der Waals surface area contributed by atoms with Gasteiger partial charge < -0.3 is 15.0 Å². The molecule has 1 atom stereocenters. The van der Waals surface area contributed by atoms with Crippen LogP contribution in [-0.4, -0.2) is 33.9 Å². The zero-order chi connectivity index (χ0) is 11.7. The summed E-state index contributed by atoms with van der Waals surface area (Å²) in [5.74, 6) is 1.96. The maximum atomic E-state index is 9.63. The zero-order valence-corrected chi connectivity index (χ0v) is 10.2. The smallest absolute Gasteiger partial charge is 0.109 e. The van der Waals surface area contributed by atoms with Crippen LogP contribution in [0.25, 0.3) is 0 Å². The molecule has 1 fully saturated rings. The van der Waals surface area contributed by atoms with Gasteiger partial charge in [0.25, 0.3) is 0 Å². The Bertz CT molecular complexity index is 382. The lowest BCUT2D eigenvalue weighted by atomic mass is 9.93. The van der Waals surface area contributed by atoms with Crippen molar-refractivity contribution in [1.29, 1.82) is 0 Å². The average Bonchev–Trinajstić information content (AvgIpc) is 2.71. The summed E-state index contributed by atoms with van der Waals surface area (Å²) in [6.45, 7) is 3.03. The van der Waals surface area contributed by atoms with Gasteiger partial charge in [0, 0.05) is 19.2 Å². The number of aliphatic hydroxyl groups is 1. The number of piperidine rings is 1. The molecule has 17 heavy (non-hydrogen) atoms. The minimum Gasteiger partial charge on any atom is -0.391 e. The number of hydrogen-bond donors (Lipinski definition) is 2. The average molecular weight is 235 g/mol. The van der Waals surface area contributed by atoms with Gasteiger partial charge in [-0.3, -0.25) is 0 Å². The maximum Gasteiger partial charge on any atom is 0.109 e. The Balaban J connectivity index is 1.67. The van der Waals surface area contributed by atoms with E-state index < -0.39 is 0 Å². The van der Waals surface area contributed by atoms with E-state index in [4.69, 9.17) is 4.98 Å². The third-order valence-corrected chi connectivity index (χ3v) is 3.97. The van der Waals surface area contributed by atoms with E-state index in [0.717, 1.165) is 44.8 Å². The van der Waals surface area contributed by atoms with Gasteiger partial charge in [0.1, 0.15) is 5.82 Å². The highest BCUT2D eigenvalue weighted by Gasteiger charge is 2.20. The van der Waals surface area contributed by atoms with E-state index in [2.05, 4.69) is 16.1 Å². The number of hydrogen-bond acceptors (Lipinski definition) is 3. The second-order valence-electron chi connectivity index (χ2n) is 5.39. The first-order chi connectivity index (χ1) is 8.31. The number of rotatable bonds is 2. The first kappa shape index (κ1) is 11.2. The second kappa shape index (κ2) is 4.78. The Hall–Kier alpha value is -0.870. The van der Waals surface area contributed by atoms with Gasteiger partial charge in [-0.25, -0.2) is 4.98 Å². The molecule has 0 saturated carbocycles. The van der Waals surface area contributed by atoms with Crippen molar-refractivity contribution in [2.24, 2.45) is 5.92 Å². The van der Waals surface area contributed by atoms with Crippen LogP contribution in [0.5, 0.6) is 0 Å². The van der Waals surface area contributed by atoms with Gasteiger partial charge in [0.15, 0.2) is 0 Å². The molecular formula is C13H21N3O. The Morgan fingerprint density at radius 2 is 2.18 bits per heavy atom. The standard InChI is InChI=1S/C13H21N3O/c17-12-1-2-13-15-11(8-16(13)9-12)7-10-3-5-14-6-4-10/h8,10,12,14,17H,1-7,9H2. The fourth-order valence-electron chi connectivity index (χ4n) is 2.96. The third kappa shape index (κ3) is 2.53. The highest BCUT2D eigenvalue weighted by molar-refractivity contribution is 5.08. The molecule has 0 amide bonds. The summed E-state index contributed by atoms with van der Waals surface area (Å²) < 4.78 is 2.14. The van der Waals surface area contributed by atoms with Crippen molar-refractivity contribution < 1.29 is 5.11 Å². The highest BCUT2D eigenvalue weighted by Crippen LogP contribution is 2.20. The Morgan fingerprint density at radius 1 is 1.35 bits per heavy atom. The lowest BCUT2D eigenvalue weighted by molar-refractivity contribution is 0.130. The van der Waals surface area contributed by atoms with Crippen molar-refractivity contribution >= 4 is 0 Å². The molecule has 2 aliphatic rings. The molecule has 1 saturated heterocycles. The van der Waals surface area contributed by atoms with Gasteiger partial charge in [0.05, 0.1) is 11.8 Å². The van der Waals surface area contributed by atoms with Crippen molar-refractivity contribution in [1.82, 2.24) is 14.9 Å². The predicted molar refractivity (Wildman–Crippen MR) is 65.9 cm³/mol. The third-order valence-electron chi connectivity index (χ3n) is 3.97. The molecule has 1 aromatic rings. The summed E-state index contributed by atoms with van der Waals surface area (Å²) in [6.07, 6.45) is 7.41. The molecule has 0 aromatic carbocycles. The molecule has 0 aliphatic carbocycles. The van der Waals surface area contributed by atoms with Gasteiger partial charge in [-0.05, 0) is 44.7 Å². The fourth-order valence-corrected chi connectivity index (χ4v) is 2.96. The summed E-state index contributed by atoms with van der Waals surface area (Å²) in [5, 5.41) is 13.0. The van der Waals surface area contributed by atoms with E-state index in [0.29, 0.717) is 0 Å². The maximum absolute atomic E-state index is 9.63. The number of aliphatic hydroxyl groups excluding tert-OH is 1. The molecule has 0 radical (unpaired) electrons. The number of aryl methyl sites for hydroxylation is 1. The normalized spacial score (nSPS) is 25.8. The number of imidazole rings is 1. The molecule has 2 N–H and O–H groups in total. The van der Waals surface area contributed by atoms with Crippen LogP contribution in [0, 0.1) is 5.92 Å². The topological polar surface area (TPSA) is 50.1 Å². The van der Waals surface area contributed by atoms with E-state index >= 15 is 0 Å². The Labute approximate surface area is 102 Å². The highest BCUT2D eigenvalue weighted by atomic mass is 16.3. The van der Waals surface area contributed by atoms with Crippen molar-refractivity contribution in [3.63, 3.8) is 0 Å². The monoisotopic (exact) mass is 235 g/mol. The predicted octanol–water partition coefficient (Wildman–Crippen LogP) is 0.732. The zero-order valence-electron chi connectivity index (χ0n) is 10.2. The lowest BCUT2D eigenvalue weighted by Crippen LogP contribution is -2.28. The number of fused-ring (bicyclic) bond motifs is 1. The summed E-state index contributed by atoms with van der Waals surface area (Å²) in [6, 6.07) is 0. The van der Waals surface area contributed by atoms with E-state index in [-0.39, 0.29) is 6.10 Å². The van der Waals surface area contributed by atoms with E-state index in [1.54, 1.807) is 0 Å². The molecule has 2 aliphatic heterocycles. The van der Waals surface area contributed by atoms with Gasteiger partial charge in [0.2, 0.25) is 0 Å². The second-order valence-corrected chi connectivity index (χ2v) is 5.39. The van der Waals surface area contributed by atoms with Crippen molar-refractivity contribution in [2.45, 2.75) is 44.8 Å². The first-order valence-corrected chi connectivity index (χ1v) is 6.75. The summed E-state index contributed by atoms with van der Waals surface area (Å²) in [7, 11) is 0. The van der Waals surface area contributed by atoms with Crippen molar-refractivity contribution in [3.05, 3.63) is 17.7 Å². The lowest BCUT2D eigenvalue weighted by Gasteiger charge is -2.21. The van der Waals surface area contributed by atoms with E-state index in [1.807, 2.05) is 0 Å². The Kier molecular flexibility index (Phi) is 3.16. The number of aromatic nitrogens is 2. The molecule has 1 unspecified atom stereocenters. The minimum atomic E-state index is -0.177. The molecule has 4 heteroatoms. The van der Waals surface area contributed by atoms with E-state index in [9.17, 15) is 5.11 Å². The molecule has 3 rings (SSSR count). The fraction of sp³-hybridized carbons (Fsp3) is 0.769. The van der Waals surface area contributed by atoms with Gasteiger partial charge in [-0.1, -0.05) is 0 Å². The number of nitrogens with one attached hydrogen (secondary N) is 1. The summed E-state index contributed by atoms with van der Waals surface area (Å²) in [5.41, 5.74) is 1.22. The number of nitrogens with zero attached hydrogens (tertiary/aromatic N) is 2. The SMILES string of the molecule is OC1CCc2nc(CC3CCNCC3)cn2C1. The van der Waals surface area contributed by atoms with Crippen LogP contribution in [-0.2, 0) is 19.4 Å². The molecule has 3 heterocycles. The largest absolute Gasteiger partial charge is 0.391 e. The van der Waals surface area contributed by atoms with Crippen LogP contribution in [0.15, 0.2) is 6.20 Å². The van der Waals surface area contributed by atoms with Crippen molar-refractivity contribution in [2.75, 3.05) is 13.1 Å². The van der Waals surface area contributed by atoms with Gasteiger partial charge in [-0.15, -0.1) is 0 Å². The summed E-state index contributed by atoms with van der Waals surface area (Å²) in [4.78, 5) is 4.71.